The van der Waals surface area contributed by atoms with Crippen LogP contribution in [0.15, 0.2) is 43.1 Å². The van der Waals surface area contributed by atoms with Crippen molar-refractivity contribution in [2.24, 2.45) is 0 Å². The van der Waals surface area contributed by atoms with Crippen molar-refractivity contribution in [2.45, 2.75) is 71.3 Å². The molecule has 2 aromatic rings. The van der Waals surface area contributed by atoms with E-state index in [1.165, 1.54) is 31.2 Å². The number of aromatic nitrogens is 3. The molecule has 0 unspecified atom stereocenters. The number of hydrogen-bond donors (Lipinski definition) is 0. The molecule has 0 spiro atoms. The fraction of sp³-hybridized carbons (Fsp3) is 0.500. The highest BCUT2D eigenvalue weighted by atomic mass is 16.5. The summed E-state index contributed by atoms with van der Waals surface area (Å²) < 4.78 is 7.01. The number of rotatable bonds is 13. The third-order valence-electron chi connectivity index (χ3n) is 4.57. The first-order valence-electron chi connectivity index (χ1n) is 10.00. The van der Waals surface area contributed by atoms with Crippen LogP contribution in [0.4, 0.5) is 0 Å². The highest BCUT2D eigenvalue weighted by molar-refractivity contribution is 5.69. The van der Waals surface area contributed by atoms with Crippen molar-refractivity contribution < 1.29 is 9.53 Å². The zero-order chi connectivity index (χ0) is 19.3. The molecule has 0 saturated heterocycles. The number of unbranched alkanes of at least 4 members (excludes halogenated alkanes) is 6. The van der Waals surface area contributed by atoms with Gasteiger partial charge in [-0.2, -0.15) is 0 Å². The largest absolute Gasteiger partial charge is 0.459 e. The second-order valence-corrected chi connectivity index (χ2v) is 6.78. The van der Waals surface area contributed by atoms with Crippen molar-refractivity contribution >= 4 is 5.97 Å². The molecule has 0 aliphatic heterocycles. The predicted molar refractivity (Wildman–Crippen MR) is 108 cm³/mol. The monoisotopic (exact) mass is 369 g/mol. The summed E-state index contributed by atoms with van der Waals surface area (Å²) in [6, 6.07) is 8.19. The summed E-state index contributed by atoms with van der Waals surface area (Å²) in [5.41, 5.74) is 2.89. The third-order valence-corrected chi connectivity index (χ3v) is 4.57. The number of ether oxygens (including phenoxy) is 1. The number of hydrogen-bond acceptors (Lipinski definition) is 4. The molecule has 0 bridgehead atoms. The molecule has 0 aliphatic carbocycles. The summed E-state index contributed by atoms with van der Waals surface area (Å²) >= 11 is 0. The maximum absolute atomic E-state index is 11.8. The second kappa shape index (κ2) is 12.0. The van der Waals surface area contributed by atoms with Gasteiger partial charge in [0.05, 0.1) is 11.9 Å². The van der Waals surface area contributed by atoms with E-state index in [-0.39, 0.29) is 12.6 Å². The van der Waals surface area contributed by atoms with E-state index < -0.39 is 0 Å². The number of carbonyl (C=O) groups is 1. The molecular formula is C22H31N3O2. The van der Waals surface area contributed by atoms with Crippen LogP contribution >= 0.6 is 0 Å². The van der Waals surface area contributed by atoms with Gasteiger partial charge in [-0.3, -0.25) is 4.79 Å². The van der Waals surface area contributed by atoms with Crippen LogP contribution in [0.2, 0.25) is 0 Å². The van der Waals surface area contributed by atoms with Gasteiger partial charge in [0, 0.05) is 6.42 Å². The summed E-state index contributed by atoms with van der Waals surface area (Å²) in [5, 5.41) is 8.19. The van der Waals surface area contributed by atoms with Crippen molar-refractivity contribution in [1.82, 2.24) is 15.0 Å². The van der Waals surface area contributed by atoms with Crippen LogP contribution in [-0.2, 0) is 22.6 Å². The Kier molecular flexibility index (Phi) is 9.31. The zero-order valence-corrected chi connectivity index (χ0v) is 16.4. The standard InChI is InChI=1S/C22H31N3O2/c1-3-5-6-7-8-9-10-11-12-22(26)27-18-20-17-25(24-23-20)21-15-13-19(4-2)14-16-21/h3,13-17H,1,4-12,18H2,2H3. The first kappa shape index (κ1) is 20.9. The lowest BCUT2D eigenvalue weighted by Crippen LogP contribution is -2.04. The fourth-order valence-corrected chi connectivity index (χ4v) is 2.87. The highest BCUT2D eigenvalue weighted by Gasteiger charge is 2.07. The molecule has 0 radical (unpaired) electrons. The summed E-state index contributed by atoms with van der Waals surface area (Å²) in [5.74, 6) is -0.163. The first-order valence-corrected chi connectivity index (χ1v) is 10.00. The van der Waals surface area contributed by atoms with Gasteiger partial charge in [0.2, 0.25) is 0 Å². The van der Waals surface area contributed by atoms with Crippen molar-refractivity contribution in [3.8, 4) is 5.69 Å². The average Bonchev–Trinajstić information content (AvgIpc) is 3.17. The lowest BCUT2D eigenvalue weighted by molar-refractivity contribution is -0.145. The molecule has 1 aromatic carbocycles. The molecule has 1 aromatic heterocycles. The van der Waals surface area contributed by atoms with E-state index in [9.17, 15) is 4.79 Å². The minimum Gasteiger partial charge on any atom is -0.459 e. The maximum atomic E-state index is 11.8. The normalized spacial score (nSPS) is 10.7. The van der Waals surface area contributed by atoms with E-state index in [0.717, 1.165) is 31.4 Å². The van der Waals surface area contributed by atoms with E-state index >= 15 is 0 Å². The maximum Gasteiger partial charge on any atom is 0.306 e. The fourth-order valence-electron chi connectivity index (χ4n) is 2.87. The van der Waals surface area contributed by atoms with Crippen molar-refractivity contribution in [1.29, 1.82) is 0 Å². The number of aryl methyl sites for hydroxylation is 1. The van der Waals surface area contributed by atoms with E-state index in [2.05, 4.69) is 35.9 Å². The van der Waals surface area contributed by atoms with Crippen molar-refractivity contribution in [3.63, 3.8) is 0 Å². The minimum atomic E-state index is -0.163. The van der Waals surface area contributed by atoms with Crippen LogP contribution in [0, 0.1) is 0 Å². The summed E-state index contributed by atoms with van der Waals surface area (Å²) in [4.78, 5) is 11.8. The first-order chi connectivity index (χ1) is 13.2. The van der Waals surface area contributed by atoms with E-state index in [4.69, 9.17) is 4.74 Å². The molecule has 5 heteroatoms. The van der Waals surface area contributed by atoms with Gasteiger partial charge in [0.15, 0.2) is 0 Å². The van der Waals surface area contributed by atoms with Crippen molar-refractivity contribution in [3.05, 3.63) is 54.4 Å². The Morgan fingerprint density at radius 2 is 1.81 bits per heavy atom. The van der Waals surface area contributed by atoms with Crippen LogP contribution in [0.3, 0.4) is 0 Å². The van der Waals surface area contributed by atoms with Gasteiger partial charge in [0.25, 0.3) is 0 Å². The third kappa shape index (κ3) is 7.77. The Morgan fingerprint density at radius 3 is 2.52 bits per heavy atom. The summed E-state index contributed by atoms with van der Waals surface area (Å²) in [6.45, 7) is 6.03. The number of allylic oxidation sites excluding steroid dienone is 1. The number of esters is 1. The molecule has 27 heavy (non-hydrogen) atoms. The number of nitrogens with zero attached hydrogens (tertiary/aromatic N) is 3. The molecule has 0 atom stereocenters. The Hall–Kier alpha value is -2.43. The van der Waals surface area contributed by atoms with Crippen LogP contribution < -0.4 is 0 Å². The van der Waals surface area contributed by atoms with E-state index in [1.807, 2.05) is 18.2 Å². The van der Waals surface area contributed by atoms with E-state index in [0.29, 0.717) is 12.1 Å². The summed E-state index contributed by atoms with van der Waals surface area (Å²) in [6.07, 6.45) is 13.2. The molecular weight excluding hydrogens is 338 g/mol. The average molecular weight is 370 g/mol. The zero-order valence-electron chi connectivity index (χ0n) is 16.4. The van der Waals surface area contributed by atoms with Gasteiger partial charge >= 0.3 is 5.97 Å². The Bertz CT molecular complexity index is 692. The lowest BCUT2D eigenvalue weighted by Gasteiger charge is -2.03. The SMILES string of the molecule is C=CCCCCCCCCC(=O)OCc1cn(-c2ccc(CC)cc2)nn1. The topological polar surface area (TPSA) is 57.0 Å². The molecule has 0 saturated carbocycles. The number of carbonyl (C=O) groups excluding carboxylic acids is 1. The van der Waals surface area contributed by atoms with Crippen LogP contribution in [0.25, 0.3) is 5.69 Å². The quantitative estimate of drug-likeness (QED) is 0.277. The van der Waals surface area contributed by atoms with Gasteiger partial charge in [-0.25, -0.2) is 4.68 Å². The Morgan fingerprint density at radius 1 is 1.11 bits per heavy atom. The van der Waals surface area contributed by atoms with E-state index in [1.54, 1.807) is 10.9 Å². The molecule has 146 valence electrons. The Labute approximate surface area is 162 Å². The second-order valence-electron chi connectivity index (χ2n) is 6.78. The van der Waals surface area contributed by atoms with Gasteiger partial charge in [-0.15, -0.1) is 11.7 Å². The molecule has 0 amide bonds. The molecule has 0 aliphatic rings. The van der Waals surface area contributed by atoms with Gasteiger partial charge in [-0.05, 0) is 43.4 Å². The number of benzene rings is 1. The van der Waals surface area contributed by atoms with Crippen LogP contribution in [0.1, 0.15) is 69.5 Å². The van der Waals surface area contributed by atoms with Crippen molar-refractivity contribution in [2.75, 3.05) is 0 Å². The van der Waals surface area contributed by atoms with Crippen LogP contribution in [-0.4, -0.2) is 21.0 Å². The van der Waals surface area contributed by atoms with Gasteiger partial charge < -0.3 is 4.74 Å². The van der Waals surface area contributed by atoms with Crippen LogP contribution in [0.5, 0.6) is 0 Å². The molecule has 0 N–H and O–H groups in total. The van der Waals surface area contributed by atoms with Gasteiger partial charge in [0.1, 0.15) is 12.3 Å². The molecule has 0 fully saturated rings. The van der Waals surface area contributed by atoms with Gasteiger partial charge in [-0.1, -0.05) is 56.0 Å². The lowest BCUT2D eigenvalue weighted by atomic mass is 10.1. The molecule has 1 heterocycles. The smallest absolute Gasteiger partial charge is 0.306 e. The molecule has 2 rings (SSSR count). The minimum absolute atomic E-state index is 0.163. The Balaban J connectivity index is 1.62. The molecule has 5 nitrogen and oxygen atoms in total. The predicted octanol–water partition coefficient (Wildman–Crippen LogP) is 5.18. The summed E-state index contributed by atoms with van der Waals surface area (Å²) in [7, 11) is 0. The highest BCUT2D eigenvalue weighted by Crippen LogP contribution is 2.11.